The van der Waals surface area contributed by atoms with Crippen molar-refractivity contribution >= 4 is 19.8 Å². The van der Waals surface area contributed by atoms with Crippen molar-refractivity contribution < 1.29 is 42.1 Å². The fourth-order valence-electron chi connectivity index (χ4n) is 7.47. The largest absolute Gasteiger partial charge is 0.472 e. The van der Waals surface area contributed by atoms with E-state index in [0.29, 0.717) is 17.4 Å². The first-order chi connectivity index (χ1) is 36.0. The minimum absolute atomic E-state index is 0.0182. The maximum atomic E-state index is 12.8. The molecular weight excluding hydrogens is 942 g/mol. The van der Waals surface area contributed by atoms with Crippen LogP contribution in [0.25, 0.3) is 0 Å². The first kappa shape index (κ1) is 70.4. The first-order valence-corrected chi connectivity index (χ1v) is 30.8. The Hall–Kier alpha value is -3.59. The standard InChI is InChI=1S/C64H108NO8P/c1-6-8-10-12-14-16-18-20-22-24-26-27-28-29-30-31-32-33-34-35-36-37-39-41-43-45-47-49-51-53-55-57-64(67)73-62(61-72-74(68,69)71-59-58-65(3,4)5)60-70-63(66)56-54-52-50-48-46-44-42-40-38-25-23-21-19-17-15-13-11-9-7-2/h8,10,14,16,20-23,26-27,29-30,32-33,35-36,39,41,45,47,62H,6-7,9,11-13,15,17-19,24-25,28,31,34,37-38,40,42-44,46,48-61H2,1-5H3/p+1/b10-8-,16-14-,22-20-,23-21-,27-26-,30-29-,33-32-,36-35-,41-39-,47-45-. The van der Waals surface area contributed by atoms with Gasteiger partial charge in [0.2, 0.25) is 0 Å². The second-order valence-corrected chi connectivity index (χ2v) is 21.7. The number of phosphoric ester groups is 1. The zero-order valence-corrected chi connectivity index (χ0v) is 48.7. The van der Waals surface area contributed by atoms with Crippen molar-refractivity contribution in [1.29, 1.82) is 0 Å². The van der Waals surface area contributed by atoms with Crippen LogP contribution in [-0.2, 0) is 32.7 Å². The zero-order chi connectivity index (χ0) is 54.2. The molecule has 2 atom stereocenters. The summed E-state index contributed by atoms with van der Waals surface area (Å²) in [5, 5.41) is 0. The molecule has 0 bridgehead atoms. The summed E-state index contributed by atoms with van der Waals surface area (Å²) in [5.74, 6) is -0.845. The lowest BCUT2D eigenvalue weighted by Crippen LogP contribution is -2.37. The van der Waals surface area contributed by atoms with Crippen molar-refractivity contribution in [1.82, 2.24) is 0 Å². The summed E-state index contributed by atoms with van der Waals surface area (Å²) in [5.41, 5.74) is 0. The minimum atomic E-state index is -4.40. The number of phosphoric acid groups is 1. The SMILES string of the molecule is CC/C=C\C/C=C\C/C=C\C/C=C\C/C=C\C/C=C\C/C=C\C/C=C\C/C=C\CCCCCC(=O)OC(COC(=O)CCCCCCCCCCC/C=C\CCCCCCCC)COP(=O)(O)OCC[N+](C)(C)C. The Morgan fingerprint density at radius 3 is 1.18 bits per heavy atom. The monoisotopic (exact) mass is 1050 g/mol. The van der Waals surface area contributed by atoms with E-state index in [1.54, 1.807) is 0 Å². The highest BCUT2D eigenvalue weighted by molar-refractivity contribution is 7.47. The molecule has 0 amide bonds. The third-order valence-electron chi connectivity index (χ3n) is 12.0. The molecule has 0 aliphatic heterocycles. The third kappa shape index (κ3) is 57.7. The Balaban J connectivity index is 4.29. The predicted molar refractivity (Wildman–Crippen MR) is 316 cm³/mol. The highest BCUT2D eigenvalue weighted by atomic mass is 31.2. The van der Waals surface area contributed by atoms with E-state index in [0.717, 1.165) is 96.3 Å². The summed E-state index contributed by atoms with van der Waals surface area (Å²) in [4.78, 5) is 35.7. The van der Waals surface area contributed by atoms with Gasteiger partial charge < -0.3 is 18.9 Å². The Morgan fingerprint density at radius 1 is 0.432 bits per heavy atom. The summed E-state index contributed by atoms with van der Waals surface area (Å²) in [6.45, 7) is 4.26. The lowest BCUT2D eigenvalue weighted by Gasteiger charge is -2.24. The normalized spacial score (nSPS) is 14.2. The van der Waals surface area contributed by atoms with Gasteiger partial charge in [-0.15, -0.1) is 0 Å². The molecule has 0 aromatic heterocycles. The minimum Gasteiger partial charge on any atom is -0.462 e. The number of quaternary nitrogens is 1. The molecule has 0 aliphatic carbocycles. The van der Waals surface area contributed by atoms with E-state index in [4.69, 9.17) is 18.5 Å². The van der Waals surface area contributed by atoms with Gasteiger partial charge in [0, 0.05) is 12.8 Å². The number of rotatable bonds is 52. The number of carbonyl (C=O) groups is 2. The fourth-order valence-corrected chi connectivity index (χ4v) is 8.21. The Bertz CT molecular complexity index is 1660. The van der Waals surface area contributed by atoms with E-state index in [9.17, 15) is 19.0 Å². The van der Waals surface area contributed by atoms with Gasteiger partial charge >= 0.3 is 19.8 Å². The number of unbranched alkanes of at least 4 members (excludes halogenated alkanes) is 18. The summed E-state index contributed by atoms with van der Waals surface area (Å²) >= 11 is 0. The topological polar surface area (TPSA) is 108 Å². The van der Waals surface area contributed by atoms with Crippen molar-refractivity contribution in [3.63, 3.8) is 0 Å². The van der Waals surface area contributed by atoms with Crippen molar-refractivity contribution in [3.8, 4) is 0 Å². The molecule has 0 fully saturated rings. The molecule has 0 aliphatic rings. The molecule has 74 heavy (non-hydrogen) atoms. The number of hydrogen-bond acceptors (Lipinski definition) is 7. The number of hydrogen-bond donors (Lipinski definition) is 1. The summed E-state index contributed by atoms with van der Waals surface area (Å²) < 4.78 is 34.5. The molecule has 0 radical (unpaired) electrons. The fraction of sp³-hybridized carbons (Fsp3) is 0.656. The summed E-state index contributed by atoms with van der Waals surface area (Å²) in [6, 6.07) is 0. The van der Waals surface area contributed by atoms with E-state index >= 15 is 0 Å². The lowest BCUT2D eigenvalue weighted by molar-refractivity contribution is -0.870. The number of nitrogens with zero attached hydrogens (tertiary/aromatic N) is 1. The quantitative estimate of drug-likeness (QED) is 0.0211. The van der Waals surface area contributed by atoms with Crippen LogP contribution in [0.5, 0.6) is 0 Å². The van der Waals surface area contributed by atoms with Gasteiger partial charge in [0.15, 0.2) is 6.10 Å². The molecule has 0 saturated carbocycles. The van der Waals surface area contributed by atoms with Crippen molar-refractivity contribution in [2.45, 2.75) is 225 Å². The zero-order valence-electron chi connectivity index (χ0n) is 47.8. The van der Waals surface area contributed by atoms with E-state index < -0.39 is 26.5 Å². The van der Waals surface area contributed by atoms with Crippen LogP contribution in [0, 0.1) is 0 Å². The molecule has 9 nitrogen and oxygen atoms in total. The molecule has 0 heterocycles. The van der Waals surface area contributed by atoms with Crippen LogP contribution in [0.3, 0.4) is 0 Å². The van der Waals surface area contributed by atoms with Gasteiger partial charge in [0.1, 0.15) is 19.8 Å². The molecular formula is C64H109NO8P+. The van der Waals surface area contributed by atoms with E-state index in [-0.39, 0.29) is 32.0 Å². The Morgan fingerprint density at radius 2 is 0.770 bits per heavy atom. The van der Waals surface area contributed by atoms with Crippen molar-refractivity contribution in [3.05, 3.63) is 122 Å². The molecule has 10 heteroatoms. The molecule has 0 aromatic rings. The summed E-state index contributed by atoms with van der Waals surface area (Å²) in [7, 11) is 1.44. The van der Waals surface area contributed by atoms with E-state index in [2.05, 4.69) is 135 Å². The van der Waals surface area contributed by atoms with Gasteiger partial charge in [-0.3, -0.25) is 18.6 Å². The lowest BCUT2D eigenvalue weighted by atomic mass is 10.1. The number of ether oxygens (including phenoxy) is 2. The van der Waals surface area contributed by atoms with E-state index in [1.807, 2.05) is 21.1 Å². The molecule has 0 saturated heterocycles. The maximum Gasteiger partial charge on any atom is 0.472 e. The average Bonchev–Trinajstić information content (AvgIpc) is 3.36. The number of esters is 2. The molecule has 422 valence electrons. The van der Waals surface area contributed by atoms with Crippen molar-refractivity contribution in [2.24, 2.45) is 0 Å². The number of likely N-dealkylation sites (N-methyl/N-ethyl adjacent to an activating group) is 1. The highest BCUT2D eigenvalue weighted by Gasteiger charge is 2.27. The number of allylic oxidation sites excluding steroid dienone is 20. The van der Waals surface area contributed by atoms with Crippen LogP contribution in [0.1, 0.15) is 219 Å². The van der Waals surface area contributed by atoms with Crippen LogP contribution in [-0.4, -0.2) is 74.9 Å². The molecule has 0 aromatic carbocycles. The van der Waals surface area contributed by atoms with Gasteiger partial charge in [-0.25, -0.2) is 4.57 Å². The molecule has 2 unspecified atom stereocenters. The second-order valence-electron chi connectivity index (χ2n) is 20.3. The van der Waals surface area contributed by atoms with Crippen molar-refractivity contribution in [2.75, 3.05) is 47.5 Å². The van der Waals surface area contributed by atoms with Crippen LogP contribution >= 0.6 is 7.82 Å². The van der Waals surface area contributed by atoms with Gasteiger partial charge in [0.25, 0.3) is 0 Å². The molecule has 1 N–H and O–H groups in total. The number of carbonyl (C=O) groups excluding carboxylic acids is 2. The van der Waals surface area contributed by atoms with Crippen LogP contribution in [0.2, 0.25) is 0 Å². The molecule has 0 rings (SSSR count). The maximum absolute atomic E-state index is 12.8. The highest BCUT2D eigenvalue weighted by Crippen LogP contribution is 2.43. The van der Waals surface area contributed by atoms with Gasteiger partial charge in [-0.2, -0.15) is 0 Å². The van der Waals surface area contributed by atoms with Gasteiger partial charge in [0.05, 0.1) is 27.7 Å². The summed E-state index contributed by atoms with van der Waals surface area (Å²) in [6.07, 6.45) is 76.9. The van der Waals surface area contributed by atoms with Gasteiger partial charge in [-0.05, 0) is 109 Å². The smallest absolute Gasteiger partial charge is 0.462 e. The Kier molecular flexibility index (Phi) is 51.6. The molecule has 0 spiro atoms. The third-order valence-corrected chi connectivity index (χ3v) is 13.0. The van der Waals surface area contributed by atoms with Crippen LogP contribution in [0.4, 0.5) is 0 Å². The average molecular weight is 1050 g/mol. The van der Waals surface area contributed by atoms with E-state index in [1.165, 1.54) is 89.9 Å². The first-order valence-electron chi connectivity index (χ1n) is 29.3. The van der Waals surface area contributed by atoms with Crippen LogP contribution < -0.4 is 0 Å². The predicted octanol–water partition coefficient (Wildman–Crippen LogP) is 18.4. The van der Waals surface area contributed by atoms with Crippen LogP contribution in [0.15, 0.2) is 122 Å². The second kappa shape index (κ2) is 54.2. The van der Waals surface area contributed by atoms with Gasteiger partial charge in [-0.1, -0.05) is 219 Å². The Labute approximate surface area is 454 Å².